The van der Waals surface area contributed by atoms with Crippen LogP contribution in [0.15, 0.2) is 54.7 Å². The molecule has 1 saturated carbocycles. The highest BCUT2D eigenvalue weighted by Crippen LogP contribution is 2.28. The van der Waals surface area contributed by atoms with Crippen molar-refractivity contribution in [3.63, 3.8) is 0 Å². The van der Waals surface area contributed by atoms with E-state index in [0.29, 0.717) is 19.1 Å². The number of hydrogen-bond donors (Lipinski definition) is 1. The Kier molecular flexibility index (Phi) is 5.55. The van der Waals surface area contributed by atoms with E-state index < -0.39 is 23.2 Å². The lowest BCUT2D eigenvalue weighted by Crippen LogP contribution is -2.20. The molecule has 1 N–H and O–H groups in total. The Labute approximate surface area is 167 Å². The molecule has 0 spiro atoms. The van der Waals surface area contributed by atoms with E-state index in [9.17, 15) is 13.6 Å². The third kappa shape index (κ3) is 4.45. The van der Waals surface area contributed by atoms with E-state index in [1.54, 1.807) is 10.9 Å². The van der Waals surface area contributed by atoms with Gasteiger partial charge < -0.3 is 10.1 Å². The smallest absolute Gasteiger partial charge is 0.276 e. The van der Waals surface area contributed by atoms with Gasteiger partial charge in [-0.25, -0.2) is 8.78 Å². The van der Waals surface area contributed by atoms with Crippen molar-refractivity contribution in [2.75, 3.05) is 11.9 Å². The highest BCUT2D eigenvalue weighted by Gasteiger charge is 2.19. The molecule has 0 radical (unpaired) electrons. The van der Waals surface area contributed by atoms with Gasteiger partial charge in [-0.3, -0.25) is 9.48 Å². The maximum atomic E-state index is 13.7. The van der Waals surface area contributed by atoms with Gasteiger partial charge in [0.15, 0.2) is 5.69 Å². The first-order valence-corrected chi connectivity index (χ1v) is 9.59. The first-order chi connectivity index (χ1) is 14.1. The molecule has 1 fully saturated rings. The third-order valence-corrected chi connectivity index (χ3v) is 5.08. The molecule has 1 aliphatic rings. The molecule has 150 valence electrons. The first-order valence-electron chi connectivity index (χ1n) is 9.59. The van der Waals surface area contributed by atoms with Crippen LogP contribution in [0.5, 0.6) is 5.75 Å². The Morgan fingerprint density at radius 3 is 2.59 bits per heavy atom. The van der Waals surface area contributed by atoms with E-state index in [-0.39, 0.29) is 5.69 Å². The van der Waals surface area contributed by atoms with Crippen LogP contribution in [0, 0.1) is 17.6 Å². The molecule has 0 atom stereocenters. The highest BCUT2D eigenvalue weighted by molar-refractivity contribution is 6.02. The highest BCUT2D eigenvalue weighted by atomic mass is 19.1. The number of amides is 1. The predicted molar refractivity (Wildman–Crippen MR) is 105 cm³/mol. The van der Waals surface area contributed by atoms with Gasteiger partial charge >= 0.3 is 0 Å². The van der Waals surface area contributed by atoms with Gasteiger partial charge in [0.1, 0.15) is 23.1 Å². The molecule has 0 saturated heterocycles. The molecule has 0 unspecified atom stereocenters. The summed E-state index contributed by atoms with van der Waals surface area (Å²) >= 11 is 0. The van der Waals surface area contributed by atoms with Gasteiger partial charge in [0.25, 0.3) is 5.91 Å². The summed E-state index contributed by atoms with van der Waals surface area (Å²) in [5.41, 5.74) is 0.532. The van der Waals surface area contributed by atoms with Crippen molar-refractivity contribution < 1.29 is 18.3 Å². The summed E-state index contributed by atoms with van der Waals surface area (Å²) in [5, 5.41) is 6.47. The Balaban J connectivity index is 1.43. The van der Waals surface area contributed by atoms with Crippen LogP contribution in [0.25, 0.3) is 0 Å². The zero-order chi connectivity index (χ0) is 20.2. The van der Waals surface area contributed by atoms with Gasteiger partial charge in [0.2, 0.25) is 0 Å². The minimum atomic E-state index is -0.838. The number of para-hydroxylation sites is 2. The normalized spacial score (nSPS) is 13.7. The lowest BCUT2D eigenvalue weighted by Gasteiger charge is -2.25. The number of hydrogen-bond acceptors (Lipinski definition) is 3. The Morgan fingerprint density at radius 1 is 1.10 bits per heavy atom. The lowest BCUT2D eigenvalue weighted by molar-refractivity contribution is 0.102. The minimum absolute atomic E-state index is 0.0699. The van der Waals surface area contributed by atoms with Crippen LogP contribution in [0.4, 0.5) is 14.5 Å². The number of nitrogens with one attached hydrogen (secondary N) is 1. The van der Waals surface area contributed by atoms with Crippen molar-refractivity contribution in [1.29, 1.82) is 0 Å². The van der Waals surface area contributed by atoms with Crippen LogP contribution < -0.4 is 10.1 Å². The maximum Gasteiger partial charge on any atom is 0.276 e. The number of halogens is 2. The lowest BCUT2D eigenvalue weighted by atomic mass is 9.86. The largest absolute Gasteiger partial charge is 0.493 e. The summed E-state index contributed by atoms with van der Waals surface area (Å²) in [7, 11) is 0. The predicted octanol–water partition coefficient (Wildman–Crippen LogP) is 4.64. The van der Waals surface area contributed by atoms with Gasteiger partial charge in [-0.15, -0.1) is 0 Å². The standard InChI is InChI=1S/C22H21F2N3O2/c23-17-8-4-9-18(24)21(17)25-22(28)19-11-12-27(26-19)13-16-7-1-2-10-20(16)29-14-15-5-3-6-15/h1-2,4,7-12,15H,3,5-6,13-14H2,(H,25,28). The molecule has 0 aliphatic heterocycles. The van der Waals surface area contributed by atoms with Gasteiger partial charge in [-0.1, -0.05) is 30.7 Å². The molecule has 1 amide bonds. The van der Waals surface area contributed by atoms with Crippen LogP contribution in [0.1, 0.15) is 35.3 Å². The second-order valence-electron chi connectivity index (χ2n) is 7.16. The number of aromatic nitrogens is 2. The number of carbonyl (C=O) groups is 1. The summed E-state index contributed by atoms with van der Waals surface area (Å²) in [6.07, 6.45) is 5.34. The molecule has 0 bridgehead atoms. The Bertz CT molecular complexity index is 995. The summed E-state index contributed by atoms with van der Waals surface area (Å²) in [4.78, 5) is 12.3. The molecule has 1 aliphatic carbocycles. The van der Waals surface area contributed by atoms with Gasteiger partial charge in [0, 0.05) is 11.8 Å². The van der Waals surface area contributed by atoms with Crippen LogP contribution in [-0.4, -0.2) is 22.3 Å². The molecule has 5 nitrogen and oxygen atoms in total. The summed E-state index contributed by atoms with van der Waals surface area (Å²) in [6.45, 7) is 1.13. The maximum absolute atomic E-state index is 13.7. The summed E-state index contributed by atoms with van der Waals surface area (Å²) in [6, 6.07) is 12.6. The average Bonchev–Trinajstić information content (AvgIpc) is 3.13. The van der Waals surface area contributed by atoms with E-state index in [1.807, 2.05) is 24.3 Å². The summed E-state index contributed by atoms with van der Waals surface area (Å²) in [5.74, 6) is -0.927. The van der Waals surface area contributed by atoms with Crippen molar-refractivity contribution in [2.45, 2.75) is 25.8 Å². The molecule has 1 aromatic heterocycles. The second-order valence-corrected chi connectivity index (χ2v) is 7.16. The zero-order valence-corrected chi connectivity index (χ0v) is 15.8. The number of benzene rings is 2. The monoisotopic (exact) mass is 397 g/mol. The van der Waals surface area contributed by atoms with Crippen LogP contribution >= 0.6 is 0 Å². The fourth-order valence-electron chi connectivity index (χ4n) is 3.18. The number of carbonyl (C=O) groups excluding carboxylic acids is 1. The molecule has 3 aromatic rings. The van der Waals surface area contributed by atoms with E-state index in [1.165, 1.54) is 31.4 Å². The van der Waals surface area contributed by atoms with Crippen LogP contribution in [-0.2, 0) is 6.54 Å². The Morgan fingerprint density at radius 2 is 1.86 bits per heavy atom. The number of nitrogens with zero attached hydrogens (tertiary/aromatic N) is 2. The van der Waals surface area contributed by atoms with Gasteiger partial charge in [-0.05, 0) is 43.0 Å². The molecule has 2 aromatic carbocycles. The van der Waals surface area contributed by atoms with E-state index in [0.717, 1.165) is 23.4 Å². The third-order valence-electron chi connectivity index (χ3n) is 5.08. The van der Waals surface area contributed by atoms with Crippen molar-refractivity contribution in [3.8, 4) is 5.75 Å². The van der Waals surface area contributed by atoms with Crippen LogP contribution in [0.2, 0.25) is 0 Å². The van der Waals surface area contributed by atoms with E-state index in [2.05, 4.69) is 10.4 Å². The topological polar surface area (TPSA) is 56.2 Å². The molecular weight excluding hydrogens is 376 g/mol. The molecular formula is C22H21F2N3O2. The summed E-state index contributed by atoms with van der Waals surface area (Å²) < 4.78 is 35.0. The zero-order valence-electron chi connectivity index (χ0n) is 15.8. The SMILES string of the molecule is O=C(Nc1c(F)cccc1F)c1ccn(Cc2ccccc2OCC2CCC2)n1. The van der Waals surface area contributed by atoms with Crippen LogP contribution in [0.3, 0.4) is 0 Å². The van der Waals surface area contributed by atoms with E-state index >= 15 is 0 Å². The van der Waals surface area contributed by atoms with Crippen molar-refractivity contribution in [3.05, 3.63) is 77.6 Å². The van der Waals surface area contributed by atoms with Crippen molar-refractivity contribution in [2.24, 2.45) is 5.92 Å². The number of ether oxygens (including phenoxy) is 1. The average molecular weight is 397 g/mol. The van der Waals surface area contributed by atoms with Crippen molar-refractivity contribution >= 4 is 11.6 Å². The fraction of sp³-hybridized carbons (Fsp3) is 0.273. The molecule has 4 rings (SSSR count). The van der Waals surface area contributed by atoms with Gasteiger partial charge in [0.05, 0.1) is 13.2 Å². The molecule has 1 heterocycles. The van der Waals surface area contributed by atoms with E-state index in [4.69, 9.17) is 4.74 Å². The Hall–Kier alpha value is -3.22. The minimum Gasteiger partial charge on any atom is -0.493 e. The van der Waals surface area contributed by atoms with Crippen molar-refractivity contribution in [1.82, 2.24) is 9.78 Å². The fourth-order valence-corrected chi connectivity index (χ4v) is 3.18. The molecule has 29 heavy (non-hydrogen) atoms. The number of anilines is 1. The quantitative estimate of drug-likeness (QED) is 0.632. The van der Waals surface area contributed by atoms with Gasteiger partial charge in [-0.2, -0.15) is 5.10 Å². The molecule has 7 heteroatoms. The number of rotatable bonds is 7. The second kappa shape index (κ2) is 8.43. The first kappa shape index (κ1) is 19.1.